The third kappa shape index (κ3) is 4.22. The molecule has 1 saturated carbocycles. The van der Waals surface area contributed by atoms with Gasteiger partial charge < -0.3 is 20.1 Å². The van der Waals surface area contributed by atoms with Gasteiger partial charge in [0.2, 0.25) is 11.8 Å². The van der Waals surface area contributed by atoms with Crippen molar-refractivity contribution >= 4 is 11.8 Å². The van der Waals surface area contributed by atoms with Gasteiger partial charge in [-0.15, -0.1) is 0 Å². The van der Waals surface area contributed by atoms with E-state index in [0.717, 1.165) is 25.8 Å². The number of nitrogens with zero attached hydrogens (tertiary/aromatic N) is 1. The molecule has 3 atom stereocenters. The summed E-state index contributed by atoms with van der Waals surface area (Å²) in [6.07, 6.45) is 5.79. The van der Waals surface area contributed by atoms with E-state index < -0.39 is 6.10 Å². The molecular formula is C21H26N2O4. The quantitative estimate of drug-likeness (QED) is 0.763. The van der Waals surface area contributed by atoms with E-state index in [4.69, 9.17) is 4.74 Å². The molecule has 1 aliphatic carbocycles. The number of aliphatic hydroxyl groups is 1. The molecule has 27 heavy (non-hydrogen) atoms. The van der Waals surface area contributed by atoms with Gasteiger partial charge in [-0.05, 0) is 30.4 Å². The van der Waals surface area contributed by atoms with Gasteiger partial charge in [0.1, 0.15) is 6.10 Å². The predicted octanol–water partition coefficient (Wildman–Crippen LogP) is 1.17. The van der Waals surface area contributed by atoms with E-state index in [0.29, 0.717) is 6.54 Å². The first kappa shape index (κ1) is 18.2. The zero-order chi connectivity index (χ0) is 18.8. The van der Waals surface area contributed by atoms with Crippen LogP contribution in [0.5, 0.6) is 0 Å². The number of hydrogen-bond acceptors (Lipinski definition) is 4. The Morgan fingerprint density at radius 2 is 1.96 bits per heavy atom. The molecule has 1 aromatic rings. The van der Waals surface area contributed by atoms with E-state index in [2.05, 4.69) is 17.4 Å². The monoisotopic (exact) mass is 370 g/mol. The normalized spacial score (nSPS) is 27.1. The molecule has 0 aromatic heterocycles. The van der Waals surface area contributed by atoms with Crippen molar-refractivity contribution in [1.29, 1.82) is 0 Å². The largest absolute Gasteiger partial charge is 0.394 e. The summed E-state index contributed by atoms with van der Waals surface area (Å²) in [4.78, 5) is 26.5. The molecule has 0 radical (unpaired) electrons. The minimum atomic E-state index is -0.516. The Bertz CT molecular complexity index is 743. The number of aliphatic hydroxyl groups excluding tert-OH is 1. The molecule has 2 aliphatic heterocycles. The van der Waals surface area contributed by atoms with E-state index >= 15 is 0 Å². The number of hydrogen-bond donors (Lipinski definition) is 2. The summed E-state index contributed by atoms with van der Waals surface area (Å²) in [6.45, 7) is 1.16. The van der Waals surface area contributed by atoms with Gasteiger partial charge in [-0.2, -0.15) is 0 Å². The Kier molecular flexibility index (Phi) is 5.27. The first-order valence-electron chi connectivity index (χ1n) is 9.73. The molecule has 2 amide bonds. The Morgan fingerprint density at radius 1 is 1.19 bits per heavy atom. The van der Waals surface area contributed by atoms with Crippen molar-refractivity contribution in [2.45, 2.75) is 50.5 Å². The number of ether oxygens (including phenoxy) is 1. The zero-order valence-electron chi connectivity index (χ0n) is 15.3. The number of benzene rings is 1. The highest BCUT2D eigenvalue weighted by molar-refractivity contribution is 5.81. The van der Waals surface area contributed by atoms with Crippen LogP contribution in [-0.2, 0) is 27.3 Å². The lowest BCUT2D eigenvalue weighted by molar-refractivity contribution is -0.137. The fourth-order valence-electron chi connectivity index (χ4n) is 3.77. The minimum absolute atomic E-state index is 0.0215. The molecule has 2 N–H and O–H groups in total. The topological polar surface area (TPSA) is 78.9 Å². The number of fused-ring (bicyclic) bond motifs is 1. The zero-order valence-corrected chi connectivity index (χ0v) is 15.3. The molecule has 1 fully saturated rings. The van der Waals surface area contributed by atoms with Crippen LogP contribution < -0.4 is 5.32 Å². The van der Waals surface area contributed by atoms with E-state index in [1.54, 1.807) is 0 Å². The van der Waals surface area contributed by atoms with Crippen molar-refractivity contribution in [3.63, 3.8) is 0 Å². The van der Waals surface area contributed by atoms with E-state index in [1.807, 2.05) is 29.2 Å². The Hall–Kier alpha value is -2.18. The molecule has 6 nitrogen and oxygen atoms in total. The first-order chi connectivity index (χ1) is 13.1. The molecule has 0 spiro atoms. The summed E-state index contributed by atoms with van der Waals surface area (Å²) >= 11 is 0. The lowest BCUT2D eigenvalue weighted by Gasteiger charge is -2.34. The van der Waals surface area contributed by atoms with Crippen LogP contribution in [0.1, 0.15) is 30.4 Å². The highest BCUT2D eigenvalue weighted by atomic mass is 16.5. The fourth-order valence-corrected chi connectivity index (χ4v) is 3.77. The Morgan fingerprint density at radius 3 is 2.70 bits per heavy atom. The number of nitrogens with one attached hydrogen (secondary N) is 1. The minimum Gasteiger partial charge on any atom is -0.394 e. The number of carbonyl (C=O) groups excluding carboxylic acids is 2. The second kappa shape index (κ2) is 7.82. The van der Waals surface area contributed by atoms with Crippen molar-refractivity contribution in [3.8, 4) is 0 Å². The first-order valence-corrected chi connectivity index (χ1v) is 9.73. The van der Waals surface area contributed by atoms with Crippen LogP contribution in [-0.4, -0.2) is 53.2 Å². The summed E-state index contributed by atoms with van der Waals surface area (Å²) in [5.41, 5.74) is 2.51. The number of amides is 2. The van der Waals surface area contributed by atoms with Gasteiger partial charge in [-0.3, -0.25) is 9.59 Å². The average Bonchev–Trinajstić information content (AvgIpc) is 3.54. The molecule has 2 heterocycles. The molecule has 1 aromatic carbocycles. The lowest BCUT2D eigenvalue weighted by Crippen LogP contribution is -2.49. The third-order valence-corrected chi connectivity index (χ3v) is 5.58. The van der Waals surface area contributed by atoms with Crippen LogP contribution in [0.15, 0.2) is 36.4 Å². The molecule has 144 valence electrons. The van der Waals surface area contributed by atoms with Crippen molar-refractivity contribution in [1.82, 2.24) is 10.2 Å². The maximum atomic E-state index is 12.7. The summed E-state index contributed by atoms with van der Waals surface area (Å²) in [5, 5.41) is 12.6. The van der Waals surface area contributed by atoms with Gasteiger partial charge in [-0.1, -0.05) is 36.4 Å². The van der Waals surface area contributed by atoms with Crippen LogP contribution in [0.2, 0.25) is 0 Å². The van der Waals surface area contributed by atoms with E-state index in [1.165, 1.54) is 11.1 Å². The van der Waals surface area contributed by atoms with Gasteiger partial charge in [0.25, 0.3) is 0 Å². The summed E-state index contributed by atoms with van der Waals surface area (Å²) < 4.78 is 5.88. The number of rotatable bonds is 5. The van der Waals surface area contributed by atoms with Crippen molar-refractivity contribution in [2.75, 3.05) is 13.2 Å². The molecule has 0 saturated heterocycles. The van der Waals surface area contributed by atoms with Gasteiger partial charge in [0.15, 0.2) is 0 Å². The van der Waals surface area contributed by atoms with Crippen LogP contribution in [0.4, 0.5) is 0 Å². The van der Waals surface area contributed by atoms with Crippen LogP contribution in [0, 0.1) is 5.92 Å². The van der Waals surface area contributed by atoms with Crippen molar-refractivity contribution < 1.29 is 19.4 Å². The SMILES string of the molecule is O=C(N[C@H]1C=C[C@@H](CC(=O)N2CCc3ccccc3C2)O[C@H]1CO)C1CC1. The standard InChI is InChI=1S/C21H26N2O4/c24-13-19-18(22-21(26)15-5-6-15)8-7-17(27-19)11-20(25)23-10-9-14-3-1-2-4-16(14)12-23/h1-4,7-8,15,17-19,24H,5-6,9-13H2,(H,22,26)/t17-,18-,19-/m0/s1. The van der Waals surface area contributed by atoms with Gasteiger partial charge in [-0.25, -0.2) is 0 Å². The molecule has 0 unspecified atom stereocenters. The van der Waals surface area contributed by atoms with Gasteiger partial charge >= 0.3 is 0 Å². The highest BCUT2D eigenvalue weighted by Gasteiger charge is 2.35. The maximum absolute atomic E-state index is 12.7. The number of carbonyl (C=O) groups is 2. The highest BCUT2D eigenvalue weighted by Crippen LogP contribution is 2.29. The molecule has 0 bridgehead atoms. The summed E-state index contributed by atoms with van der Waals surface area (Å²) in [7, 11) is 0. The molecule has 4 rings (SSSR count). The Labute approximate surface area is 159 Å². The van der Waals surface area contributed by atoms with Crippen molar-refractivity contribution in [2.24, 2.45) is 5.92 Å². The van der Waals surface area contributed by atoms with Crippen LogP contribution in [0.25, 0.3) is 0 Å². The maximum Gasteiger partial charge on any atom is 0.225 e. The van der Waals surface area contributed by atoms with E-state index in [9.17, 15) is 14.7 Å². The fraction of sp³-hybridized carbons (Fsp3) is 0.524. The van der Waals surface area contributed by atoms with Gasteiger partial charge in [0, 0.05) is 19.0 Å². The predicted molar refractivity (Wildman–Crippen MR) is 99.7 cm³/mol. The summed E-state index contributed by atoms with van der Waals surface area (Å²) in [6, 6.07) is 7.88. The van der Waals surface area contributed by atoms with Gasteiger partial charge in [0.05, 0.1) is 25.2 Å². The van der Waals surface area contributed by atoms with E-state index in [-0.39, 0.29) is 42.9 Å². The van der Waals surface area contributed by atoms with Crippen LogP contribution in [0.3, 0.4) is 0 Å². The lowest BCUT2D eigenvalue weighted by atomic mass is 9.99. The molecule has 3 aliphatic rings. The smallest absolute Gasteiger partial charge is 0.225 e. The Balaban J connectivity index is 1.34. The second-order valence-corrected chi connectivity index (χ2v) is 7.63. The second-order valence-electron chi connectivity index (χ2n) is 7.63. The summed E-state index contributed by atoms with van der Waals surface area (Å²) in [5.74, 6) is 0.184. The van der Waals surface area contributed by atoms with Crippen molar-refractivity contribution in [3.05, 3.63) is 47.5 Å². The third-order valence-electron chi connectivity index (χ3n) is 5.58. The molecular weight excluding hydrogens is 344 g/mol. The average molecular weight is 370 g/mol. The molecule has 6 heteroatoms. The van der Waals surface area contributed by atoms with Crippen LogP contribution >= 0.6 is 0 Å².